The molecule has 23 heavy (non-hydrogen) atoms. The molecule has 1 N–H and O–H groups in total. The smallest absolute Gasteiger partial charge is 0.0568 e. The molecule has 0 radical (unpaired) electrons. The topological polar surface area (TPSA) is 32.6 Å². The highest BCUT2D eigenvalue weighted by atomic mass is 16.4. The summed E-state index contributed by atoms with van der Waals surface area (Å²) in [6, 6.07) is 0. The summed E-state index contributed by atoms with van der Waals surface area (Å²) in [5, 5.41) is 12.1. The van der Waals surface area contributed by atoms with E-state index in [0.717, 1.165) is 18.6 Å². The van der Waals surface area contributed by atoms with Crippen LogP contribution in [0.25, 0.3) is 0 Å². The van der Waals surface area contributed by atoms with Gasteiger partial charge in [0.15, 0.2) is 0 Å². The third-order valence-corrected chi connectivity index (χ3v) is 4.53. The Morgan fingerprint density at radius 1 is 0.696 bits per heavy atom. The molecule has 0 saturated heterocycles. The highest BCUT2D eigenvalue weighted by molar-refractivity contribution is 5.83. The van der Waals surface area contributed by atoms with E-state index in [1.165, 1.54) is 89.9 Å². The minimum absolute atomic E-state index is 0.877. The van der Waals surface area contributed by atoms with Gasteiger partial charge in [-0.25, -0.2) is 0 Å². The van der Waals surface area contributed by atoms with Crippen molar-refractivity contribution >= 4 is 5.71 Å². The van der Waals surface area contributed by atoms with Gasteiger partial charge in [-0.15, -0.1) is 0 Å². The van der Waals surface area contributed by atoms with Crippen molar-refractivity contribution in [3.05, 3.63) is 12.2 Å². The first-order valence-corrected chi connectivity index (χ1v) is 10.2. The lowest BCUT2D eigenvalue weighted by Crippen LogP contribution is -1.95. The van der Waals surface area contributed by atoms with Crippen LogP contribution >= 0.6 is 0 Å². The zero-order chi connectivity index (χ0) is 17.0. The lowest BCUT2D eigenvalue weighted by atomic mass is 10.1. The van der Waals surface area contributed by atoms with Crippen LogP contribution < -0.4 is 0 Å². The number of hydrogen-bond acceptors (Lipinski definition) is 2. The molecule has 0 rings (SSSR count). The monoisotopic (exact) mass is 323 g/mol. The van der Waals surface area contributed by atoms with Crippen LogP contribution in [-0.2, 0) is 0 Å². The molecular weight excluding hydrogens is 282 g/mol. The Morgan fingerprint density at radius 2 is 1.17 bits per heavy atom. The molecule has 0 spiro atoms. The van der Waals surface area contributed by atoms with Gasteiger partial charge in [0.2, 0.25) is 0 Å². The molecule has 2 nitrogen and oxygen atoms in total. The van der Waals surface area contributed by atoms with Gasteiger partial charge in [-0.2, -0.15) is 0 Å². The predicted molar refractivity (Wildman–Crippen MR) is 104 cm³/mol. The van der Waals surface area contributed by atoms with Gasteiger partial charge in [0.1, 0.15) is 0 Å². The van der Waals surface area contributed by atoms with E-state index in [2.05, 4.69) is 31.2 Å². The molecule has 0 fully saturated rings. The molecule has 0 heterocycles. The van der Waals surface area contributed by atoms with Crippen molar-refractivity contribution in [2.24, 2.45) is 5.16 Å². The van der Waals surface area contributed by atoms with Crippen LogP contribution in [0.15, 0.2) is 17.3 Å². The Bertz CT molecular complexity index is 284. The minimum Gasteiger partial charge on any atom is -0.411 e. The molecule has 0 aliphatic rings. The van der Waals surface area contributed by atoms with Crippen molar-refractivity contribution in [3.63, 3.8) is 0 Å². The van der Waals surface area contributed by atoms with E-state index in [-0.39, 0.29) is 0 Å². The van der Waals surface area contributed by atoms with E-state index in [1.54, 1.807) is 0 Å². The summed E-state index contributed by atoms with van der Waals surface area (Å²) >= 11 is 0. The Morgan fingerprint density at radius 3 is 1.65 bits per heavy atom. The zero-order valence-electron chi connectivity index (χ0n) is 15.9. The van der Waals surface area contributed by atoms with Gasteiger partial charge in [-0.3, -0.25) is 0 Å². The minimum atomic E-state index is 0.877. The Kier molecular flexibility index (Phi) is 18.6. The second kappa shape index (κ2) is 19.3. The summed E-state index contributed by atoms with van der Waals surface area (Å²) in [5.74, 6) is 0. The molecule has 0 aliphatic heterocycles. The molecule has 0 aromatic carbocycles. The van der Waals surface area contributed by atoms with Crippen LogP contribution in [0.3, 0.4) is 0 Å². The van der Waals surface area contributed by atoms with Gasteiger partial charge in [0.25, 0.3) is 0 Å². The van der Waals surface area contributed by atoms with E-state index in [9.17, 15) is 0 Å². The van der Waals surface area contributed by atoms with Crippen molar-refractivity contribution in [2.75, 3.05) is 0 Å². The quantitative estimate of drug-likeness (QED) is 0.0962. The van der Waals surface area contributed by atoms with Crippen molar-refractivity contribution in [1.82, 2.24) is 0 Å². The summed E-state index contributed by atoms with van der Waals surface area (Å²) in [7, 11) is 0. The first-order chi connectivity index (χ1) is 11.3. The first kappa shape index (κ1) is 22.2. The van der Waals surface area contributed by atoms with Crippen molar-refractivity contribution in [1.29, 1.82) is 0 Å². The molecule has 0 aromatic heterocycles. The van der Waals surface area contributed by atoms with E-state index in [4.69, 9.17) is 5.21 Å². The molecule has 0 aromatic rings. The van der Waals surface area contributed by atoms with Crippen LogP contribution in [0.5, 0.6) is 0 Å². The standard InChI is InChI=1S/C21H41NO/c1-3-5-6-7-8-9-10-11-12-13-14-15-16-17-18-19-20-21(4-2)22-23/h11-12,23H,3-10,13-20H2,1-2H3/b12-11-,22-21?. The molecule has 0 amide bonds. The van der Waals surface area contributed by atoms with Crippen molar-refractivity contribution in [3.8, 4) is 0 Å². The average Bonchev–Trinajstić information content (AvgIpc) is 2.58. The van der Waals surface area contributed by atoms with E-state index in [1.807, 2.05) is 0 Å². The molecule has 0 saturated carbocycles. The van der Waals surface area contributed by atoms with Crippen LogP contribution in [0.4, 0.5) is 0 Å². The van der Waals surface area contributed by atoms with E-state index < -0.39 is 0 Å². The van der Waals surface area contributed by atoms with Gasteiger partial charge >= 0.3 is 0 Å². The van der Waals surface area contributed by atoms with Gasteiger partial charge in [0.05, 0.1) is 5.71 Å². The molecule has 0 atom stereocenters. The van der Waals surface area contributed by atoms with Crippen LogP contribution in [0.2, 0.25) is 0 Å². The number of nitrogens with zero attached hydrogens (tertiary/aromatic N) is 1. The average molecular weight is 324 g/mol. The highest BCUT2D eigenvalue weighted by Gasteiger charge is 1.97. The third-order valence-electron chi connectivity index (χ3n) is 4.53. The zero-order valence-corrected chi connectivity index (χ0v) is 15.9. The third kappa shape index (κ3) is 17.4. The summed E-state index contributed by atoms with van der Waals surface area (Å²) in [6.07, 6.45) is 25.3. The van der Waals surface area contributed by atoms with Crippen LogP contribution in [-0.4, -0.2) is 10.9 Å². The maximum atomic E-state index is 8.73. The number of rotatable bonds is 17. The predicted octanol–water partition coefficient (Wildman–Crippen LogP) is 7.65. The van der Waals surface area contributed by atoms with E-state index >= 15 is 0 Å². The summed E-state index contributed by atoms with van der Waals surface area (Å²) in [4.78, 5) is 0. The Balaban J connectivity index is 3.16. The SMILES string of the molecule is CCCCCCCC/C=C\CCCCCCCCC(CC)=NO. The molecule has 0 bridgehead atoms. The fraction of sp³-hybridized carbons (Fsp3) is 0.857. The van der Waals surface area contributed by atoms with Crippen LogP contribution in [0.1, 0.15) is 117 Å². The number of unbranched alkanes of at least 4 members (excludes halogenated alkanes) is 12. The lowest BCUT2D eigenvalue weighted by molar-refractivity contribution is 0.316. The Labute approximate surface area is 145 Å². The number of allylic oxidation sites excluding steroid dienone is 2. The fourth-order valence-electron chi connectivity index (χ4n) is 2.87. The second-order valence-corrected chi connectivity index (χ2v) is 6.71. The molecule has 0 unspecified atom stereocenters. The molecular formula is C21H41NO. The summed E-state index contributed by atoms with van der Waals surface area (Å²) in [6.45, 7) is 4.33. The number of oxime groups is 1. The van der Waals surface area contributed by atoms with Crippen molar-refractivity contribution in [2.45, 2.75) is 117 Å². The molecule has 136 valence electrons. The largest absolute Gasteiger partial charge is 0.411 e. The van der Waals surface area contributed by atoms with Gasteiger partial charge in [-0.05, 0) is 44.9 Å². The first-order valence-electron chi connectivity index (χ1n) is 10.2. The van der Waals surface area contributed by atoms with Crippen LogP contribution in [0, 0.1) is 0 Å². The Hall–Kier alpha value is -0.790. The highest BCUT2D eigenvalue weighted by Crippen LogP contribution is 2.11. The van der Waals surface area contributed by atoms with Gasteiger partial charge < -0.3 is 5.21 Å². The van der Waals surface area contributed by atoms with Gasteiger partial charge in [0, 0.05) is 0 Å². The van der Waals surface area contributed by atoms with E-state index in [0.29, 0.717) is 0 Å². The maximum Gasteiger partial charge on any atom is 0.0568 e. The normalized spacial score (nSPS) is 12.3. The maximum absolute atomic E-state index is 8.73. The summed E-state index contributed by atoms with van der Waals surface area (Å²) in [5.41, 5.74) is 0.945. The number of hydrogen-bond donors (Lipinski definition) is 1. The fourth-order valence-corrected chi connectivity index (χ4v) is 2.87. The van der Waals surface area contributed by atoms with Crippen molar-refractivity contribution < 1.29 is 5.21 Å². The molecule has 0 aliphatic carbocycles. The lowest BCUT2D eigenvalue weighted by Gasteiger charge is -2.02. The molecule has 2 heteroatoms. The summed E-state index contributed by atoms with van der Waals surface area (Å²) < 4.78 is 0. The second-order valence-electron chi connectivity index (χ2n) is 6.71. The van der Waals surface area contributed by atoms with Gasteiger partial charge in [-0.1, -0.05) is 88.9 Å².